The zero-order chi connectivity index (χ0) is 14.5. The molecule has 0 aliphatic carbocycles. The van der Waals surface area contributed by atoms with Crippen molar-refractivity contribution in [3.05, 3.63) is 35.9 Å². The highest BCUT2D eigenvalue weighted by atomic mass is 16.2. The Balaban J connectivity index is 2.78. The van der Waals surface area contributed by atoms with Crippen molar-refractivity contribution in [2.24, 2.45) is 5.73 Å². The number of hydrogen-bond donors (Lipinski definition) is 1. The third kappa shape index (κ3) is 5.41. The maximum atomic E-state index is 12.4. The lowest BCUT2D eigenvalue weighted by Gasteiger charge is -2.30. The molecule has 2 N–H and O–H groups in total. The monoisotopic (exact) mass is 263 g/mol. The molecule has 0 bridgehead atoms. The van der Waals surface area contributed by atoms with E-state index in [4.69, 9.17) is 5.73 Å². The third-order valence-corrected chi connectivity index (χ3v) is 2.87. The minimum absolute atomic E-state index is 0.0156. The van der Waals surface area contributed by atoms with Gasteiger partial charge in [0.15, 0.2) is 0 Å². The van der Waals surface area contributed by atoms with Gasteiger partial charge in [-0.1, -0.05) is 30.3 Å². The second kappa shape index (κ2) is 6.68. The fourth-order valence-electron chi connectivity index (χ4n) is 1.78. The number of likely N-dealkylation sites (N-methyl/N-ethyl adjacent to an activating group) is 1. The standard InChI is InChI=1S/C15H25N3O/c1-15(2,16)14(19)18(11-10-17(3)4)12-13-8-6-5-7-9-13/h5-9H,10-12,16H2,1-4H3. The molecule has 4 heteroatoms. The molecule has 0 saturated carbocycles. The van der Waals surface area contributed by atoms with Crippen LogP contribution in [0.5, 0.6) is 0 Å². The quantitative estimate of drug-likeness (QED) is 0.842. The van der Waals surface area contributed by atoms with Crippen molar-refractivity contribution in [3.63, 3.8) is 0 Å². The number of benzene rings is 1. The van der Waals surface area contributed by atoms with Crippen molar-refractivity contribution >= 4 is 5.91 Å². The summed E-state index contributed by atoms with van der Waals surface area (Å²) < 4.78 is 0. The molecule has 0 aliphatic rings. The largest absolute Gasteiger partial charge is 0.336 e. The maximum absolute atomic E-state index is 12.4. The lowest BCUT2D eigenvalue weighted by molar-refractivity contribution is -0.136. The van der Waals surface area contributed by atoms with Gasteiger partial charge in [0, 0.05) is 19.6 Å². The van der Waals surface area contributed by atoms with Gasteiger partial charge in [-0.3, -0.25) is 4.79 Å². The van der Waals surface area contributed by atoms with Gasteiger partial charge in [-0.2, -0.15) is 0 Å². The average molecular weight is 263 g/mol. The van der Waals surface area contributed by atoms with Gasteiger partial charge in [-0.15, -0.1) is 0 Å². The molecule has 0 atom stereocenters. The summed E-state index contributed by atoms with van der Waals surface area (Å²) in [4.78, 5) is 16.3. The Morgan fingerprint density at radius 3 is 2.21 bits per heavy atom. The summed E-state index contributed by atoms with van der Waals surface area (Å²) in [5.41, 5.74) is 6.23. The van der Waals surface area contributed by atoms with Crippen molar-refractivity contribution in [2.75, 3.05) is 27.2 Å². The lowest BCUT2D eigenvalue weighted by atomic mass is 10.0. The van der Waals surface area contributed by atoms with E-state index in [0.717, 1.165) is 12.1 Å². The van der Waals surface area contributed by atoms with Crippen LogP contribution in [0, 0.1) is 0 Å². The lowest BCUT2D eigenvalue weighted by Crippen LogP contribution is -2.52. The van der Waals surface area contributed by atoms with Gasteiger partial charge < -0.3 is 15.5 Å². The van der Waals surface area contributed by atoms with E-state index >= 15 is 0 Å². The Bertz CT molecular complexity index is 396. The molecule has 1 aromatic carbocycles. The first kappa shape index (κ1) is 15.7. The SMILES string of the molecule is CN(C)CCN(Cc1ccccc1)C(=O)C(C)(C)N. The molecule has 4 nitrogen and oxygen atoms in total. The van der Waals surface area contributed by atoms with E-state index < -0.39 is 5.54 Å². The first-order chi connectivity index (χ1) is 8.80. The average Bonchev–Trinajstić information content (AvgIpc) is 2.33. The van der Waals surface area contributed by atoms with Crippen molar-refractivity contribution in [1.29, 1.82) is 0 Å². The van der Waals surface area contributed by atoms with E-state index in [1.165, 1.54) is 0 Å². The highest BCUT2D eigenvalue weighted by Gasteiger charge is 2.27. The van der Waals surface area contributed by atoms with Crippen LogP contribution >= 0.6 is 0 Å². The minimum atomic E-state index is -0.832. The van der Waals surface area contributed by atoms with Crippen LogP contribution in [0.2, 0.25) is 0 Å². The van der Waals surface area contributed by atoms with Crippen molar-refractivity contribution in [1.82, 2.24) is 9.80 Å². The molecular weight excluding hydrogens is 238 g/mol. The highest BCUT2D eigenvalue weighted by molar-refractivity contribution is 5.85. The summed E-state index contributed by atoms with van der Waals surface area (Å²) in [7, 11) is 4.00. The Labute approximate surface area is 116 Å². The Morgan fingerprint density at radius 2 is 1.74 bits per heavy atom. The van der Waals surface area contributed by atoms with E-state index in [1.807, 2.05) is 49.3 Å². The summed E-state index contributed by atoms with van der Waals surface area (Å²) in [5.74, 6) is -0.0156. The van der Waals surface area contributed by atoms with Crippen LogP contribution in [-0.4, -0.2) is 48.4 Å². The van der Waals surface area contributed by atoms with Crippen molar-refractivity contribution in [3.8, 4) is 0 Å². The molecule has 0 unspecified atom stereocenters. The number of rotatable bonds is 6. The van der Waals surface area contributed by atoms with E-state index in [1.54, 1.807) is 13.8 Å². The van der Waals surface area contributed by atoms with Gasteiger partial charge in [-0.05, 0) is 33.5 Å². The fourth-order valence-corrected chi connectivity index (χ4v) is 1.78. The van der Waals surface area contributed by atoms with Gasteiger partial charge in [0.2, 0.25) is 5.91 Å². The topological polar surface area (TPSA) is 49.6 Å². The van der Waals surface area contributed by atoms with Gasteiger partial charge in [0.25, 0.3) is 0 Å². The van der Waals surface area contributed by atoms with Gasteiger partial charge in [-0.25, -0.2) is 0 Å². The smallest absolute Gasteiger partial charge is 0.242 e. The van der Waals surface area contributed by atoms with Crippen molar-refractivity contribution < 1.29 is 4.79 Å². The molecule has 0 radical (unpaired) electrons. The van der Waals surface area contributed by atoms with E-state index in [2.05, 4.69) is 4.90 Å². The summed E-state index contributed by atoms with van der Waals surface area (Å²) in [6, 6.07) is 10.00. The fraction of sp³-hybridized carbons (Fsp3) is 0.533. The normalized spacial score (nSPS) is 11.7. The molecule has 19 heavy (non-hydrogen) atoms. The van der Waals surface area contributed by atoms with Crippen LogP contribution in [0.15, 0.2) is 30.3 Å². The van der Waals surface area contributed by atoms with Crippen molar-refractivity contribution in [2.45, 2.75) is 25.9 Å². The van der Waals surface area contributed by atoms with Crippen LogP contribution in [0.25, 0.3) is 0 Å². The van der Waals surface area contributed by atoms with Gasteiger partial charge in [0.05, 0.1) is 5.54 Å². The number of nitrogens with two attached hydrogens (primary N) is 1. The van der Waals surface area contributed by atoms with Crippen LogP contribution in [0.3, 0.4) is 0 Å². The molecule has 0 heterocycles. The first-order valence-corrected chi connectivity index (χ1v) is 6.57. The van der Waals surface area contributed by atoms with Crippen LogP contribution in [0.1, 0.15) is 19.4 Å². The minimum Gasteiger partial charge on any atom is -0.336 e. The van der Waals surface area contributed by atoms with E-state index in [0.29, 0.717) is 13.1 Å². The third-order valence-electron chi connectivity index (χ3n) is 2.87. The van der Waals surface area contributed by atoms with E-state index in [-0.39, 0.29) is 5.91 Å². The second-order valence-electron chi connectivity index (χ2n) is 5.74. The van der Waals surface area contributed by atoms with Gasteiger partial charge >= 0.3 is 0 Å². The predicted octanol–water partition coefficient (Wildman–Crippen LogP) is 1.31. The Hall–Kier alpha value is -1.39. The predicted molar refractivity (Wildman–Crippen MR) is 78.7 cm³/mol. The molecule has 0 aromatic heterocycles. The number of hydrogen-bond acceptors (Lipinski definition) is 3. The number of carbonyl (C=O) groups excluding carboxylic acids is 1. The molecule has 1 amide bonds. The van der Waals surface area contributed by atoms with Crippen LogP contribution in [0.4, 0.5) is 0 Å². The summed E-state index contributed by atoms with van der Waals surface area (Å²) in [6.45, 7) is 5.62. The summed E-state index contributed by atoms with van der Waals surface area (Å²) >= 11 is 0. The second-order valence-corrected chi connectivity index (χ2v) is 5.74. The molecule has 0 aliphatic heterocycles. The van der Waals surface area contributed by atoms with Gasteiger partial charge in [0.1, 0.15) is 0 Å². The number of carbonyl (C=O) groups is 1. The highest BCUT2D eigenvalue weighted by Crippen LogP contribution is 2.10. The number of amides is 1. The zero-order valence-corrected chi connectivity index (χ0v) is 12.4. The van der Waals surface area contributed by atoms with Crippen LogP contribution < -0.4 is 5.73 Å². The van der Waals surface area contributed by atoms with E-state index in [9.17, 15) is 4.79 Å². The molecule has 1 rings (SSSR count). The molecule has 0 fully saturated rings. The van der Waals surface area contributed by atoms with Crippen LogP contribution in [-0.2, 0) is 11.3 Å². The first-order valence-electron chi connectivity index (χ1n) is 6.57. The molecular formula is C15H25N3O. The Morgan fingerprint density at radius 1 is 1.16 bits per heavy atom. The molecule has 1 aromatic rings. The zero-order valence-electron chi connectivity index (χ0n) is 12.4. The molecule has 0 spiro atoms. The Kier molecular flexibility index (Phi) is 5.51. The maximum Gasteiger partial charge on any atom is 0.242 e. The molecule has 106 valence electrons. The summed E-state index contributed by atoms with van der Waals surface area (Å²) in [6.07, 6.45) is 0. The summed E-state index contributed by atoms with van der Waals surface area (Å²) in [5, 5.41) is 0. The molecule has 0 saturated heterocycles. The number of nitrogens with zero attached hydrogens (tertiary/aromatic N) is 2.